The Bertz CT molecular complexity index is 827. The quantitative estimate of drug-likeness (QED) is 0.525. The van der Waals surface area contributed by atoms with E-state index >= 15 is 0 Å². The molecule has 0 spiro atoms. The number of nitro groups is 1. The first kappa shape index (κ1) is 13.7. The van der Waals surface area contributed by atoms with Crippen LogP contribution in [0.1, 0.15) is 29.4 Å². The topological polar surface area (TPSA) is 67.5 Å². The Morgan fingerprint density at radius 2 is 1.91 bits per heavy atom. The summed E-state index contributed by atoms with van der Waals surface area (Å²) in [6.07, 6.45) is 4.89. The summed E-state index contributed by atoms with van der Waals surface area (Å²) in [6, 6.07) is 15.1. The molecular formula is C18H15N3O2. The average Bonchev–Trinajstić information content (AvgIpc) is 2.61. The average molecular weight is 305 g/mol. The van der Waals surface area contributed by atoms with Crippen LogP contribution in [-0.4, -0.2) is 10.6 Å². The van der Waals surface area contributed by atoms with Crippen molar-refractivity contribution < 1.29 is 4.92 Å². The zero-order valence-corrected chi connectivity index (χ0v) is 12.3. The van der Waals surface area contributed by atoms with Gasteiger partial charge in [-0.15, -0.1) is 0 Å². The maximum Gasteiger partial charge on any atom is 0.273 e. The molecule has 5 nitrogen and oxygen atoms in total. The zero-order chi connectivity index (χ0) is 15.8. The van der Waals surface area contributed by atoms with E-state index in [-0.39, 0.29) is 22.4 Å². The number of nitro benzene ring substituents is 1. The SMILES string of the molecule is O=[N+]([O-])c1cccc2c1C1C=CC2/C(=N\Nc2ccccc2)C1. The number of fused-ring (bicyclic) bond motifs is 1. The van der Waals surface area contributed by atoms with Crippen LogP contribution < -0.4 is 5.43 Å². The molecule has 5 rings (SSSR count). The van der Waals surface area contributed by atoms with Crippen molar-refractivity contribution >= 4 is 17.1 Å². The summed E-state index contributed by atoms with van der Waals surface area (Å²) in [4.78, 5) is 11.0. The van der Waals surface area contributed by atoms with Crippen LogP contribution in [0.2, 0.25) is 0 Å². The molecule has 2 bridgehead atoms. The van der Waals surface area contributed by atoms with E-state index in [1.807, 2.05) is 36.4 Å². The lowest BCUT2D eigenvalue weighted by Gasteiger charge is -2.34. The van der Waals surface area contributed by atoms with E-state index in [1.165, 1.54) is 0 Å². The van der Waals surface area contributed by atoms with E-state index in [9.17, 15) is 10.1 Å². The molecule has 2 aromatic carbocycles. The Hall–Kier alpha value is -2.95. The Morgan fingerprint density at radius 3 is 2.70 bits per heavy atom. The first-order chi connectivity index (χ1) is 11.2. The van der Waals surface area contributed by atoms with E-state index in [2.05, 4.69) is 22.7 Å². The second-order valence-corrected chi connectivity index (χ2v) is 5.79. The van der Waals surface area contributed by atoms with Crippen LogP contribution >= 0.6 is 0 Å². The van der Waals surface area contributed by atoms with Crippen LogP contribution in [0.5, 0.6) is 0 Å². The lowest BCUT2D eigenvalue weighted by Crippen LogP contribution is -2.27. The molecule has 2 aromatic rings. The first-order valence-corrected chi connectivity index (χ1v) is 7.57. The molecule has 0 saturated heterocycles. The number of rotatable bonds is 3. The van der Waals surface area contributed by atoms with Crippen molar-refractivity contribution in [2.45, 2.75) is 18.3 Å². The third-order valence-corrected chi connectivity index (χ3v) is 4.45. The van der Waals surface area contributed by atoms with Crippen molar-refractivity contribution in [2.24, 2.45) is 5.10 Å². The predicted molar refractivity (Wildman–Crippen MR) is 89.8 cm³/mol. The van der Waals surface area contributed by atoms with Crippen molar-refractivity contribution in [3.05, 3.63) is 81.9 Å². The second-order valence-electron chi connectivity index (χ2n) is 5.79. The van der Waals surface area contributed by atoms with Gasteiger partial charge in [0.1, 0.15) is 0 Å². The Balaban J connectivity index is 1.70. The molecule has 0 amide bonds. The van der Waals surface area contributed by atoms with Crippen LogP contribution in [0.25, 0.3) is 0 Å². The standard InChI is InChI=1S/C18H15N3O2/c22-21(23)17-8-4-7-15-14-10-9-12(18(15)17)11-16(14)20-19-13-5-2-1-3-6-13/h1-10,12,14,19H,11H2/b20-16-. The van der Waals surface area contributed by atoms with Crippen LogP contribution in [0.15, 0.2) is 65.8 Å². The Morgan fingerprint density at radius 1 is 1.09 bits per heavy atom. The van der Waals surface area contributed by atoms with Crippen molar-refractivity contribution in [1.29, 1.82) is 0 Å². The molecule has 3 aliphatic rings. The fourth-order valence-electron chi connectivity index (χ4n) is 3.43. The number of hydrogen-bond acceptors (Lipinski definition) is 4. The summed E-state index contributed by atoms with van der Waals surface area (Å²) in [5.74, 6) is 0.0547. The maximum absolute atomic E-state index is 11.3. The van der Waals surface area contributed by atoms with Gasteiger partial charge in [0.25, 0.3) is 5.69 Å². The van der Waals surface area contributed by atoms with Gasteiger partial charge < -0.3 is 0 Å². The lowest BCUT2D eigenvalue weighted by molar-refractivity contribution is -0.385. The smallest absolute Gasteiger partial charge is 0.273 e. The number of nitrogens with zero attached hydrogens (tertiary/aromatic N) is 2. The summed E-state index contributed by atoms with van der Waals surface area (Å²) in [5, 5.41) is 15.8. The summed E-state index contributed by atoms with van der Waals surface area (Å²) >= 11 is 0. The molecular weight excluding hydrogens is 290 g/mol. The lowest BCUT2D eigenvalue weighted by atomic mass is 9.70. The molecule has 2 unspecified atom stereocenters. The molecule has 114 valence electrons. The van der Waals surface area contributed by atoms with Crippen molar-refractivity contribution in [3.63, 3.8) is 0 Å². The predicted octanol–water partition coefficient (Wildman–Crippen LogP) is 4.20. The summed E-state index contributed by atoms with van der Waals surface area (Å²) in [7, 11) is 0. The van der Waals surface area contributed by atoms with Crippen LogP contribution in [0.3, 0.4) is 0 Å². The minimum Gasteiger partial charge on any atom is -0.279 e. The molecule has 0 heterocycles. The van der Waals surface area contributed by atoms with E-state index in [4.69, 9.17) is 0 Å². The highest BCUT2D eigenvalue weighted by Gasteiger charge is 2.38. The van der Waals surface area contributed by atoms with Gasteiger partial charge in [-0.2, -0.15) is 5.10 Å². The van der Waals surface area contributed by atoms with E-state index in [0.717, 1.165) is 28.9 Å². The summed E-state index contributed by atoms with van der Waals surface area (Å²) in [5.41, 5.74) is 7.12. The highest BCUT2D eigenvalue weighted by molar-refractivity contribution is 5.98. The molecule has 5 heteroatoms. The molecule has 3 aliphatic carbocycles. The number of anilines is 1. The fraction of sp³-hybridized carbons (Fsp3) is 0.167. The number of allylic oxidation sites excluding steroid dienone is 2. The number of benzene rings is 2. The molecule has 2 atom stereocenters. The van der Waals surface area contributed by atoms with Gasteiger partial charge >= 0.3 is 0 Å². The first-order valence-electron chi connectivity index (χ1n) is 7.57. The van der Waals surface area contributed by atoms with Gasteiger partial charge in [0.15, 0.2) is 0 Å². The number of hydrogen-bond donors (Lipinski definition) is 1. The number of nitrogens with one attached hydrogen (secondary N) is 1. The molecule has 0 fully saturated rings. The van der Waals surface area contributed by atoms with Gasteiger partial charge in [0.2, 0.25) is 0 Å². The van der Waals surface area contributed by atoms with Crippen LogP contribution in [0.4, 0.5) is 11.4 Å². The molecule has 23 heavy (non-hydrogen) atoms. The van der Waals surface area contributed by atoms with Gasteiger partial charge in [-0.1, -0.05) is 42.5 Å². The van der Waals surface area contributed by atoms with Crippen molar-refractivity contribution in [1.82, 2.24) is 0 Å². The second kappa shape index (κ2) is 5.35. The van der Waals surface area contributed by atoms with Gasteiger partial charge in [0, 0.05) is 23.5 Å². The Labute approximate surface area is 133 Å². The van der Waals surface area contributed by atoms with E-state index in [0.29, 0.717) is 0 Å². The highest BCUT2D eigenvalue weighted by atomic mass is 16.6. The van der Waals surface area contributed by atoms with Gasteiger partial charge in [-0.05, 0) is 24.1 Å². The van der Waals surface area contributed by atoms with E-state index in [1.54, 1.807) is 12.1 Å². The number of para-hydroxylation sites is 1. The monoisotopic (exact) mass is 305 g/mol. The van der Waals surface area contributed by atoms with Crippen molar-refractivity contribution in [2.75, 3.05) is 5.43 Å². The zero-order valence-electron chi connectivity index (χ0n) is 12.3. The normalized spacial score (nSPS) is 22.9. The molecule has 0 aromatic heterocycles. The fourth-order valence-corrected chi connectivity index (χ4v) is 3.43. The van der Waals surface area contributed by atoms with Crippen LogP contribution in [0, 0.1) is 10.1 Å². The minimum absolute atomic E-state index is 0.0195. The highest BCUT2D eigenvalue weighted by Crippen LogP contribution is 2.47. The summed E-state index contributed by atoms with van der Waals surface area (Å²) in [6.45, 7) is 0. The molecule has 0 aliphatic heterocycles. The van der Waals surface area contributed by atoms with E-state index < -0.39 is 0 Å². The maximum atomic E-state index is 11.3. The Kier molecular flexibility index (Phi) is 3.19. The number of hydrazone groups is 1. The molecule has 0 saturated carbocycles. The summed E-state index contributed by atoms with van der Waals surface area (Å²) < 4.78 is 0. The third-order valence-electron chi connectivity index (χ3n) is 4.45. The van der Waals surface area contributed by atoms with Gasteiger partial charge in [0.05, 0.1) is 16.3 Å². The molecule has 1 N–H and O–H groups in total. The minimum atomic E-state index is -0.285. The third kappa shape index (κ3) is 2.30. The largest absolute Gasteiger partial charge is 0.279 e. The van der Waals surface area contributed by atoms with Crippen molar-refractivity contribution in [3.8, 4) is 0 Å². The van der Waals surface area contributed by atoms with Gasteiger partial charge in [-0.25, -0.2) is 0 Å². The van der Waals surface area contributed by atoms with Gasteiger partial charge in [-0.3, -0.25) is 15.5 Å². The molecule has 0 radical (unpaired) electrons. The van der Waals surface area contributed by atoms with Crippen LogP contribution in [-0.2, 0) is 0 Å².